The lowest BCUT2D eigenvalue weighted by Crippen LogP contribution is -2.71. The molecule has 13 nitrogen and oxygen atoms in total. The lowest BCUT2D eigenvalue weighted by atomic mass is 10.0. The Bertz CT molecular complexity index is 1080. The molecule has 3 rings (SSSR count). The van der Waals surface area contributed by atoms with Crippen molar-refractivity contribution < 1.29 is 39.0 Å². The van der Waals surface area contributed by atoms with Crippen molar-refractivity contribution in [1.29, 1.82) is 0 Å². The first kappa shape index (κ1) is 25.5. The third-order valence-corrected chi connectivity index (χ3v) is 6.58. The topological polar surface area (TPSA) is 180 Å². The minimum Gasteiger partial charge on any atom is -0.477 e. The lowest BCUT2D eigenvalue weighted by molar-refractivity contribution is -0.150. The Labute approximate surface area is 202 Å². The summed E-state index contributed by atoms with van der Waals surface area (Å²) >= 11 is 2.25. The van der Waals surface area contributed by atoms with Crippen molar-refractivity contribution in [3.63, 3.8) is 0 Å². The number of β-lactam (4-membered cyclic amide) rings is 1. The minimum absolute atomic E-state index is 0.0871. The van der Waals surface area contributed by atoms with Gasteiger partial charge in [0.1, 0.15) is 35.5 Å². The van der Waals surface area contributed by atoms with Gasteiger partial charge in [-0.3, -0.25) is 19.8 Å². The maximum Gasteiger partial charge on any atom is 0.413 e. The number of aliphatic carboxylic acids is 1. The fraction of sp³-hybridized carbons (Fsp3) is 0.474. The van der Waals surface area contributed by atoms with Gasteiger partial charge in [0.15, 0.2) is 10.8 Å². The number of fused-ring (bicyclic) bond motifs is 1. The zero-order valence-electron chi connectivity index (χ0n) is 18.6. The van der Waals surface area contributed by atoms with E-state index in [4.69, 9.17) is 9.57 Å². The molecule has 0 aromatic carbocycles. The van der Waals surface area contributed by atoms with E-state index >= 15 is 0 Å². The van der Waals surface area contributed by atoms with Crippen molar-refractivity contribution in [3.8, 4) is 0 Å². The van der Waals surface area contributed by atoms with Crippen molar-refractivity contribution in [3.05, 3.63) is 22.3 Å². The van der Waals surface area contributed by atoms with Crippen LogP contribution in [0, 0.1) is 0 Å². The van der Waals surface area contributed by atoms with Crippen LogP contribution in [0.1, 0.15) is 26.5 Å². The summed E-state index contributed by atoms with van der Waals surface area (Å²) < 4.78 is 5.16. The molecule has 1 saturated heterocycles. The van der Waals surface area contributed by atoms with Gasteiger partial charge in [-0.1, -0.05) is 5.16 Å². The van der Waals surface area contributed by atoms with Crippen LogP contribution in [0.4, 0.5) is 9.93 Å². The van der Waals surface area contributed by atoms with Crippen LogP contribution in [0.2, 0.25) is 0 Å². The van der Waals surface area contributed by atoms with Gasteiger partial charge in [-0.15, -0.1) is 23.1 Å². The number of carboxylic acid groups (broad SMARTS) is 1. The van der Waals surface area contributed by atoms with Crippen molar-refractivity contribution in [2.45, 2.75) is 37.8 Å². The standard InChI is InChI=1S/C19H23N5O8S2/c1-19(2,3)32-18(30)22-17-20-9(7-34-17)10(23-31-4)13(26)21-11-14(27)24-12(16(28)29)8(5-25)6-33-15(11)24/h7,11,15,25H,5-6H2,1-4H3,(H,21,26)(H,28,29)(H,20,22,30)/t11-,15-/m1/s1. The van der Waals surface area contributed by atoms with Gasteiger partial charge >= 0.3 is 12.1 Å². The van der Waals surface area contributed by atoms with Crippen LogP contribution < -0.4 is 10.6 Å². The zero-order chi connectivity index (χ0) is 25.2. The number of aromatic nitrogens is 1. The predicted octanol–water partition coefficient (Wildman–Crippen LogP) is 0.571. The van der Waals surface area contributed by atoms with Crippen LogP contribution in [0.3, 0.4) is 0 Å². The molecular formula is C19H23N5O8S2. The number of oxime groups is 1. The van der Waals surface area contributed by atoms with Crippen molar-refractivity contribution in [2.75, 3.05) is 24.8 Å². The summed E-state index contributed by atoms with van der Waals surface area (Å²) in [4.78, 5) is 59.0. The number of rotatable bonds is 7. The fourth-order valence-corrected chi connectivity index (χ4v) is 5.16. The third-order valence-electron chi connectivity index (χ3n) is 4.48. The number of hydrogen-bond donors (Lipinski definition) is 4. The molecule has 0 unspecified atom stereocenters. The largest absolute Gasteiger partial charge is 0.477 e. The summed E-state index contributed by atoms with van der Waals surface area (Å²) in [7, 11) is 1.23. The molecule has 184 valence electrons. The first-order valence-electron chi connectivity index (χ1n) is 9.85. The summed E-state index contributed by atoms with van der Waals surface area (Å²) in [5.74, 6) is -2.54. The highest BCUT2D eigenvalue weighted by Gasteiger charge is 2.54. The lowest BCUT2D eigenvalue weighted by Gasteiger charge is -2.49. The van der Waals surface area contributed by atoms with Crippen LogP contribution >= 0.6 is 23.1 Å². The van der Waals surface area contributed by atoms with Crippen LogP contribution in [0.25, 0.3) is 0 Å². The molecule has 1 fully saturated rings. The average molecular weight is 514 g/mol. The molecule has 34 heavy (non-hydrogen) atoms. The van der Waals surface area contributed by atoms with Crippen LogP contribution in [-0.2, 0) is 24.0 Å². The Morgan fingerprint density at radius 2 is 2.06 bits per heavy atom. The number of carbonyl (C=O) groups is 4. The Morgan fingerprint density at radius 3 is 2.65 bits per heavy atom. The number of carbonyl (C=O) groups excluding carboxylic acids is 3. The molecule has 2 aliphatic rings. The van der Waals surface area contributed by atoms with Crippen molar-refractivity contribution in [2.24, 2.45) is 5.16 Å². The van der Waals surface area contributed by atoms with Gasteiger partial charge in [0.2, 0.25) is 0 Å². The number of nitrogens with one attached hydrogen (secondary N) is 2. The number of anilines is 1. The summed E-state index contributed by atoms with van der Waals surface area (Å²) in [6.45, 7) is 4.64. The van der Waals surface area contributed by atoms with E-state index in [1.807, 2.05) is 0 Å². The van der Waals surface area contributed by atoms with E-state index < -0.39 is 47.5 Å². The van der Waals surface area contributed by atoms with E-state index in [0.717, 1.165) is 16.2 Å². The normalized spacial score (nSPS) is 20.3. The molecule has 15 heteroatoms. The molecule has 3 heterocycles. The van der Waals surface area contributed by atoms with Gasteiger partial charge in [-0.2, -0.15) is 0 Å². The highest BCUT2D eigenvalue weighted by Crippen LogP contribution is 2.40. The summed E-state index contributed by atoms with van der Waals surface area (Å²) in [5, 5.41) is 28.5. The minimum atomic E-state index is -1.33. The number of thiazole rings is 1. The van der Waals surface area contributed by atoms with E-state index in [9.17, 15) is 29.4 Å². The molecule has 0 radical (unpaired) electrons. The van der Waals surface area contributed by atoms with Crippen LogP contribution in [-0.4, -0.2) is 86.2 Å². The average Bonchev–Trinajstić information content (AvgIpc) is 3.20. The number of ether oxygens (including phenoxy) is 1. The Balaban J connectivity index is 1.72. The Morgan fingerprint density at radius 1 is 1.35 bits per heavy atom. The number of nitrogens with zero attached hydrogens (tertiary/aromatic N) is 3. The zero-order valence-corrected chi connectivity index (χ0v) is 20.3. The highest BCUT2D eigenvalue weighted by atomic mass is 32.2. The molecule has 3 amide bonds. The van der Waals surface area contributed by atoms with E-state index in [2.05, 4.69) is 20.8 Å². The van der Waals surface area contributed by atoms with Crippen molar-refractivity contribution >= 4 is 57.8 Å². The monoisotopic (exact) mass is 513 g/mol. The second-order valence-corrected chi connectivity index (χ2v) is 10.0. The summed E-state index contributed by atoms with van der Waals surface area (Å²) in [6, 6.07) is -1.01. The second kappa shape index (κ2) is 9.99. The number of thioether (sulfide) groups is 1. The Hall–Kier alpha value is -3.17. The highest BCUT2D eigenvalue weighted by molar-refractivity contribution is 8.00. The molecular weight excluding hydrogens is 490 g/mol. The molecule has 0 bridgehead atoms. The van der Waals surface area contributed by atoms with Gasteiger partial charge in [0.05, 0.1) is 6.61 Å². The van der Waals surface area contributed by atoms with E-state index in [-0.39, 0.29) is 33.6 Å². The molecule has 0 spiro atoms. The molecule has 2 atom stereocenters. The maximum atomic E-state index is 12.9. The van der Waals surface area contributed by atoms with Gasteiger partial charge in [-0.25, -0.2) is 14.6 Å². The number of carboxylic acids is 1. The number of aliphatic hydroxyl groups is 1. The van der Waals surface area contributed by atoms with Crippen LogP contribution in [0.5, 0.6) is 0 Å². The van der Waals surface area contributed by atoms with E-state index in [0.29, 0.717) is 0 Å². The first-order chi connectivity index (χ1) is 16.0. The molecule has 4 N–H and O–H groups in total. The third kappa shape index (κ3) is 5.31. The first-order valence-corrected chi connectivity index (χ1v) is 11.8. The van der Waals surface area contributed by atoms with Gasteiger partial charge in [-0.05, 0) is 26.3 Å². The smallest absolute Gasteiger partial charge is 0.413 e. The predicted molar refractivity (Wildman–Crippen MR) is 122 cm³/mol. The molecule has 2 aliphatic heterocycles. The Kier molecular flexibility index (Phi) is 7.48. The van der Waals surface area contributed by atoms with Crippen LogP contribution in [0.15, 0.2) is 21.8 Å². The molecule has 0 saturated carbocycles. The summed E-state index contributed by atoms with van der Waals surface area (Å²) in [5.41, 5.74) is -0.913. The van der Waals surface area contributed by atoms with Gasteiger partial charge < -0.3 is 25.1 Å². The number of aliphatic hydroxyl groups excluding tert-OH is 1. The van der Waals surface area contributed by atoms with Crippen molar-refractivity contribution in [1.82, 2.24) is 15.2 Å². The quantitative estimate of drug-likeness (QED) is 0.229. The summed E-state index contributed by atoms with van der Waals surface area (Å²) in [6.07, 6.45) is -0.720. The van der Waals surface area contributed by atoms with E-state index in [1.54, 1.807) is 20.8 Å². The number of hydrogen-bond acceptors (Lipinski definition) is 11. The van der Waals surface area contributed by atoms with Gasteiger partial charge in [0.25, 0.3) is 11.8 Å². The maximum absolute atomic E-state index is 12.9. The molecule has 0 aliphatic carbocycles. The van der Waals surface area contributed by atoms with E-state index in [1.165, 1.54) is 24.3 Å². The molecule has 1 aromatic rings. The SMILES string of the molecule is CON=C(C(=O)N[C@@H]1C(=O)N2C(C(=O)O)=C(CO)CS[C@H]12)c1csc(NC(=O)OC(C)(C)C)n1. The number of amides is 3. The fourth-order valence-electron chi connectivity index (χ4n) is 3.14. The van der Waals surface area contributed by atoms with Gasteiger partial charge in [0, 0.05) is 11.1 Å². The molecule has 1 aromatic heterocycles. The second-order valence-electron chi connectivity index (χ2n) is 8.06.